The van der Waals surface area contributed by atoms with Crippen molar-refractivity contribution in [3.05, 3.63) is 27.5 Å². The molecule has 0 radical (unpaired) electrons. The van der Waals surface area contributed by atoms with Crippen molar-refractivity contribution < 1.29 is 9.53 Å². The highest BCUT2D eigenvalue weighted by Crippen LogP contribution is 2.20. The van der Waals surface area contributed by atoms with Gasteiger partial charge in [0.05, 0.1) is 6.61 Å². The third kappa shape index (κ3) is 2.50. The highest BCUT2D eigenvalue weighted by atomic mass is 79.9. The van der Waals surface area contributed by atoms with E-state index < -0.39 is 0 Å². The molecular formula is C11H14BrNO2. The summed E-state index contributed by atoms with van der Waals surface area (Å²) in [7, 11) is 0. The van der Waals surface area contributed by atoms with Gasteiger partial charge in [-0.25, -0.2) is 4.79 Å². The Morgan fingerprint density at radius 3 is 2.73 bits per heavy atom. The minimum absolute atomic E-state index is 0.299. The molecule has 15 heavy (non-hydrogen) atoms. The Morgan fingerprint density at radius 2 is 2.20 bits per heavy atom. The summed E-state index contributed by atoms with van der Waals surface area (Å²) < 4.78 is 4.95. The van der Waals surface area contributed by atoms with E-state index >= 15 is 0 Å². The number of nitrogens with one attached hydrogen (secondary N) is 1. The SMILES string of the molecule is CCOC(=O)c1[nH]c(C)c(/C=C/Br)c1C. The smallest absolute Gasteiger partial charge is 0.355 e. The molecular weight excluding hydrogens is 258 g/mol. The molecule has 0 saturated carbocycles. The number of rotatable bonds is 3. The largest absolute Gasteiger partial charge is 0.461 e. The van der Waals surface area contributed by atoms with Crippen molar-refractivity contribution in [2.75, 3.05) is 6.61 Å². The fourth-order valence-corrected chi connectivity index (χ4v) is 1.75. The van der Waals surface area contributed by atoms with Gasteiger partial charge < -0.3 is 9.72 Å². The first-order valence-electron chi connectivity index (χ1n) is 4.74. The zero-order valence-electron chi connectivity index (χ0n) is 9.06. The molecule has 1 rings (SSSR count). The molecule has 1 N–H and O–H groups in total. The van der Waals surface area contributed by atoms with Crippen molar-refractivity contribution in [1.82, 2.24) is 4.98 Å². The van der Waals surface area contributed by atoms with Gasteiger partial charge in [0.2, 0.25) is 0 Å². The van der Waals surface area contributed by atoms with Crippen LogP contribution in [0.5, 0.6) is 0 Å². The van der Waals surface area contributed by atoms with Crippen molar-refractivity contribution in [2.45, 2.75) is 20.8 Å². The molecule has 0 atom stereocenters. The van der Waals surface area contributed by atoms with Gasteiger partial charge in [0.15, 0.2) is 0 Å². The van der Waals surface area contributed by atoms with E-state index in [1.807, 2.05) is 19.9 Å². The first-order valence-corrected chi connectivity index (χ1v) is 5.66. The standard InChI is InChI=1S/C11H14BrNO2/c1-4-15-11(14)10-7(2)9(5-6-12)8(3)13-10/h5-6,13H,4H2,1-3H3/b6-5+. The lowest BCUT2D eigenvalue weighted by atomic mass is 10.1. The molecule has 1 aromatic heterocycles. The van der Waals surface area contributed by atoms with Crippen molar-refractivity contribution in [3.63, 3.8) is 0 Å². The molecule has 0 aliphatic rings. The topological polar surface area (TPSA) is 42.1 Å². The Kier molecular flexibility index (Phi) is 4.15. The molecule has 82 valence electrons. The van der Waals surface area contributed by atoms with Crippen LogP contribution in [0, 0.1) is 13.8 Å². The van der Waals surface area contributed by atoms with Crippen LogP contribution in [-0.4, -0.2) is 17.6 Å². The van der Waals surface area contributed by atoms with Gasteiger partial charge in [-0.2, -0.15) is 0 Å². The molecule has 1 heterocycles. The molecule has 0 amide bonds. The van der Waals surface area contributed by atoms with Crippen molar-refractivity contribution >= 4 is 28.0 Å². The van der Waals surface area contributed by atoms with Crippen LogP contribution in [0.2, 0.25) is 0 Å². The van der Waals surface area contributed by atoms with Gasteiger partial charge in [-0.05, 0) is 43.0 Å². The Labute approximate surface area is 97.6 Å². The fraction of sp³-hybridized carbons (Fsp3) is 0.364. The first-order chi connectivity index (χ1) is 7.11. The van der Waals surface area contributed by atoms with E-state index in [0.29, 0.717) is 12.3 Å². The van der Waals surface area contributed by atoms with Gasteiger partial charge >= 0.3 is 5.97 Å². The summed E-state index contributed by atoms with van der Waals surface area (Å²) in [6, 6.07) is 0. The third-order valence-corrected chi connectivity index (χ3v) is 2.47. The molecule has 0 aliphatic heterocycles. The van der Waals surface area contributed by atoms with Crippen molar-refractivity contribution in [1.29, 1.82) is 0 Å². The number of aromatic nitrogens is 1. The zero-order chi connectivity index (χ0) is 11.4. The number of carbonyl (C=O) groups is 1. The predicted octanol–water partition coefficient (Wildman–Crippen LogP) is 3.17. The Morgan fingerprint density at radius 1 is 1.53 bits per heavy atom. The van der Waals surface area contributed by atoms with Gasteiger partial charge in [-0.15, -0.1) is 0 Å². The van der Waals surface area contributed by atoms with Gasteiger partial charge in [0.1, 0.15) is 5.69 Å². The highest BCUT2D eigenvalue weighted by Gasteiger charge is 2.16. The van der Waals surface area contributed by atoms with E-state index in [0.717, 1.165) is 16.8 Å². The molecule has 3 nitrogen and oxygen atoms in total. The lowest BCUT2D eigenvalue weighted by Crippen LogP contribution is -2.06. The van der Waals surface area contributed by atoms with Gasteiger partial charge in [-0.1, -0.05) is 15.9 Å². The summed E-state index contributed by atoms with van der Waals surface area (Å²) in [5.41, 5.74) is 3.44. The quantitative estimate of drug-likeness (QED) is 0.859. The fourth-order valence-electron chi connectivity index (χ4n) is 1.48. The lowest BCUT2D eigenvalue weighted by molar-refractivity contribution is 0.0519. The number of halogens is 1. The van der Waals surface area contributed by atoms with Gasteiger partial charge in [0, 0.05) is 5.69 Å². The number of esters is 1. The van der Waals surface area contributed by atoms with E-state index in [-0.39, 0.29) is 5.97 Å². The van der Waals surface area contributed by atoms with Gasteiger partial charge in [-0.3, -0.25) is 0 Å². The summed E-state index contributed by atoms with van der Waals surface area (Å²) in [5, 5.41) is 0. The predicted molar refractivity (Wildman–Crippen MR) is 64.2 cm³/mol. The number of hydrogen-bond donors (Lipinski definition) is 1. The first kappa shape index (κ1) is 12.0. The average molecular weight is 272 g/mol. The van der Waals surface area contributed by atoms with Crippen molar-refractivity contribution in [2.24, 2.45) is 0 Å². The molecule has 1 aromatic rings. The van der Waals surface area contributed by atoms with Crippen molar-refractivity contribution in [3.8, 4) is 0 Å². The summed E-state index contributed by atoms with van der Waals surface area (Å²) >= 11 is 3.22. The van der Waals surface area contributed by atoms with E-state index in [9.17, 15) is 4.79 Å². The molecule has 0 unspecified atom stereocenters. The molecule has 0 spiro atoms. The van der Waals surface area contributed by atoms with Crippen LogP contribution in [0.4, 0.5) is 0 Å². The third-order valence-electron chi connectivity index (χ3n) is 2.20. The molecule has 0 aliphatic carbocycles. The maximum absolute atomic E-state index is 11.5. The van der Waals surface area contributed by atoms with Crippen LogP contribution >= 0.6 is 15.9 Å². The van der Waals surface area contributed by atoms with Crippen LogP contribution in [-0.2, 0) is 4.74 Å². The van der Waals surface area contributed by atoms with Crippen LogP contribution in [0.3, 0.4) is 0 Å². The maximum atomic E-state index is 11.5. The molecule has 4 heteroatoms. The summed E-state index contributed by atoms with van der Waals surface area (Å²) in [4.78, 5) is 16.4. The average Bonchev–Trinajstić information content (AvgIpc) is 2.47. The minimum atomic E-state index is -0.299. The number of ether oxygens (including phenoxy) is 1. The molecule has 0 saturated heterocycles. The van der Waals surface area contributed by atoms with Crippen LogP contribution in [0.15, 0.2) is 4.99 Å². The maximum Gasteiger partial charge on any atom is 0.355 e. The van der Waals surface area contributed by atoms with E-state index in [4.69, 9.17) is 4.74 Å². The van der Waals surface area contributed by atoms with E-state index in [2.05, 4.69) is 20.9 Å². The second kappa shape index (κ2) is 5.16. The summed E-state index contributed by atoms with van der Waals surface area (Å²) in [6.45, 7) is 6.01. The van der Waals surface area contributed by atoms with Crippen LogP contribution in [0.25, 0.3) is 6.08 Å². The number of H-pyrrole nitrogens is 1. The monoisotopic (exact) mass is 271 g/mol. The molecule has 0 aromatic carbocycles. The Bertz CT molecular complexity index is 394. The van der Waals surface area contributed by atoms with Crippen LogP contribution < -0.4 is 0 Å². The number of hydrogen-bond acceptors (Lipinski definition) is 2. The second-order valence-corrected chi connectivity index (χ2v) is 3.71. The van der Waals surface area contributed by atoms with E-state index in [1.54, 1.807) is 11.9 Å². The molecule has 0 bridgehead atoms. The number of carbonyl (C=O) groups excluding carboxylic acids is 1. The van der Waals surface area contributed by atoms with Crippen LogP contribution in [0.1, 0.15) is 34.2 Å². The number of aryl methyl sites for hydroxylation is 1. The second-order valence-electron chi connectivity index (χ2n) is 3.18. The lowest BCUT2D eigenvalue weighted by Gasteiger charge is -2.00. The minimum Gasteiger partial charge on any atom is -0.461 e. The Hall–Kier alpha value is -1.03. The Balaban J connectivity index is 3.11. The van der Waals surface area contributed by atoms with E-state index in [1.165, 1.54) is 0 Å². The summed E-state index contributed by atoms with van der Waals surface area (Å²) in [6.07, 6.45) is 1.91. The number of aromatic amines is 1. The molecule has 0 fully saturated rings. The van der Waals surface area contributed by atoms with Gasteiger partial charge in [0.25, 0.3) is 0 Å². The highest BCUT2D eigenvalue weighted by molar-refractivity contribution is 9.11. The normalized spacial score (nSPS) is 10.9. The summed E-state index contributed by atoms with van der Waals surface area (Å²) in [5.74, 6) is -0.299. The zero-order valence-corrected chi connectivity index (χ0v) is 10.6.